The van der Waals surface area contributed by atoms with Crippen molar-refractivity contribution in [3.8, 4) is 6.07 Å². The number of carbonyl (C=O) groups is 2. The molecule has 1 saturated heterocycles. The average Bonchev–Trinajstić information content (AvgIpc) is 2.79. The van der Waals surface area contributed by atoms with E-state index in [0.717, 1.165) is 0 Å². The van der Waals surface area contributed by atoms with Crippen LogP contribution in [0.3, 0.4) is 0 Å². The monoisotopic (exact) mass is 275 g/mol. The summed E-state index contributed by atoms with van der Waals surface area (Å²) in [5.41, 5.74) is 0.948. The summed E-state index contributed by atoms with van der Waals surface area (Å²) in [6.07, 6.45) is -1.09. The predicted molar refractivity (Wildman–Crippen MR) is 70.7 cm³/mol. The third-order valence-electron chi connectivity index (χ3n) is 3.11. The summed E-state index contributed by atoms with van der Waals surface area (Å²) in [4.78, 5) is 24.4. The lowest BCUT2D eigenvalue weighted by Gasteiger charge is -2.19. The second-order valence-electron chi connectivity index (χ2n) is 4.69. The van der Waals surface area contributed by atoms with Crippen LogP contribution in [0.4, 0.5) is 10.1 Å². The van der Waals surface area contributed by atoms with Gasteiger partial charge in [-0.05, 0) is 24.3 Å². The van der Waals surface area contributed by atoms with E-state index >= 15 is 0 Å². The molecule has 2 amide bonds. The largest absolute Gasteiger partial charge is 0.326 e. The standard InChI is InChI=1S/C14H14FN3O2/c1-9(19)17-12-4-2-10(3-5-12)14(20)18-8-11(15)6-13(18)7-16/h2-5,11,13H,6,8H2,1H3,(H,17,19)/t11-,13-/m0/s1. The van der Waals surface area contributed by atoms with E-state index in [1.807, 2.05) is 6.07 Å². The third kappa shape index (κ3) is 2.94. The number of amides is 2. The molecule has 20 heavy (non-hydrogen) atoms. The first-order chi connectivity index (χ1) is 9.51. The van der Waals surface area contributed by atoms with Crippen LogP contribution in [-0.4, -0.2) is 35.5 Å². The van der Waals surface area contributed by atoms with Crippen LogP contribution in [0.1, 0.15) is 23.7 Å². The Morgan fingerprint density at radius 3 is 2.60 bits per heavy atom. The van der Waals surface area contributed by atoms with Gasteiger partial charge in [0.25, 0.3) is 5.91 Å². The Morgan fingerprint density at radius 1 is 1.40 bits per heavy atom. The summed E-state index contributed by atoms with van der Waals surface area (Å²) in [5.74, 6) is -0.570. The molecule has 1 fully saturated rings. The predicted octanol–water partition coefficient (Wildman–Crippen LogP) is 1.72. The lowest BCUT2D eigenvalue weighted by Crippen LogP contribution is -2.35. The molecule has 1 aromatic carbocycles. The molecule has 1 N–H and O–H groups in total. The van der Waals surface area contributed by atoms with Crippen molar-refractivity contribution in [2.45, 2.75) is 25.6 Å². The Morgan fingerprint density at radius 2 is 2.05 bits per heavy atom. The Labute approximate surface area is 116 Å². The van der Waals surface area contributed by atoms with Crippen LogP contribution < -0.4 is 5.32 Å². The molecular formula is C14H14FN3O2. The Hall–Kier alpha value is -2.42. The Balaban J connectivity index is 2.13. The van der Waals surface area contributed by atoms with E-state index in [1.54, 1.807) is 24.3 Å². The summed E-state index contributed by atoms with van der Waals surface area (Å²) in [6.45, 7) is 1.34. The number of anilines is 1. The number of rotatable bonds is 2. The summed E-state index contributed by atoms with van der Waals surface area (Å²) in [7, 11) is 0. The zero-order valence-electron chi connectivity index (χ0n) is 11.0. The molecule has 0 saturated carbocycles. The molecule has 1 aliphatic heterocycles. The van der Waals surface area contributed by atoms with Gasteiger partial charge in [-0.2, -0.15) is 5.26 Å². The van der Waals surface area contributed by atoms with Crippen molar-refractivity contribution in [2.24, 2.45) is 0 Å². The van der Waals surface area contributed by atoms with Gasteiger partial charge in [-0.15, -0.1) is 0 Å². The van der Waals surface area contributed by atoms with Gasteiger partial charge in [-0.3, -0.25) is 9.59 Å². The van der Waals surface area contributed by atoms with Gasteiger partial charge in [0.1, 0.15) is 12.2 Å². The smallest absolute Gasteiger partial charge is 0.255 e. The molecule has 0 bridgehead atoms. The fourth-order valence-corrected chi connectivity index (χ4v) is 2.20. The molecule has 2 rings (SSSR count). The highest BCUT2D eigenvalue weighted by atomic mass is 19.1. The number of benzene rings is 1. The van der Waals surface area contributed by atoms with Crippen LogP contribution >= 0.6 is 0 Å². The second-order valence-corrected chi connectivity index (χ2v) is 4.69. The van der Waals surface area contributed by atoms with Gasteiger partial charge in [0.2, 0.25) is 5.91 Å². The van der Waals surface area contributed by atoms with Crippen molar-refractivity contribution in [3.63, 3.8) is 0 Å². The summed E-state index contributed by atoms with van der Waals surface area (Å²) in [6, 6.07) is 7.52. The lowest BCUT2D eigenvalue weighted by atomic mass is 10.1. The first kappa shape index (κ1) is 14.0. The molecule has 1 heterocycles. The summed E-state index contributed by atoms with van der Waals surface area (Å²) >= 11 is 0. The number of likely N-dealkylation sites (tertiary alicyclic amines) is 1. The first-order valence-corrected chi connectivity index (χ1v) is 6.23. The van der Waals surface area contributed by atoms with E-state index < -0.39 is 12.2 Å². The summed E-state index contributed by atoms with van der Waals surface area (Å²) in [5, 5.41) is 11.5. The number of halogens is 1. The topological polar surface area (TPSA) is 73.2 Å². The minimum atomic E-state index is -1.15. The van der Waals surface area contributed by atoms with Crippen LogP contribution in [0.15, 0.2) is 24.3 Å². The van der Waals surface area contributed by atoms with E-state index in [0.29, 0.717) is 11.3 Å². The molecule has 0 spiro atoms. The maximum atomic E-state index is 13.3. The minimum Gasteiger partial charge on any atom is -0.326 e. The molecule has 6 heteroatoms. The van der Waals surface area contributed by atoms with Gasteiger partial charge in [-0.25, -0.2) is 4.39 Å². The number of hydrogen-bond donors (Lipinski definition) is 1. The van der Waals surface area contributed by atoms with Gasteiger partial charge < -0.3 is 10.2 Å². The number of alkyl halides is 1. The van der Waals surface area contributed by atoms with E-state index in [2.05, 4.69) is 5.32 Å². The summed E-state index contributed by atoms with van der Waals surface area (Å²) < 4.78 is 13.3. The number of hydrogen-bond acceptors (Lipinski definition) is 3. The number of nitriles is 1. The zero-order chi connectivity index (χ0) is 14.7. The van der Waals surface area contributed by atoms with E-state index in [1.165, 1.54) is 11.8 Å². The highest BCUT2D eigenvalue weighted by molar-refractivity contribution is 5.96. The molecule has 0 unspecified atom stereocenters. The molecule has 0 aromatic heterocycles. The van der Waals surface area contributed by atoms with Gasteiger partial charge in [-0.1, -0.05) is 0 Å². The highest BCUT2D eigenvalue weighted by Gasteiger charge is 2.35. The van der Waals surface area contributed by atoms with E-state index in [4.69, 9.17) is 5.26 Å². The van der Waals surface area contributed by atoms with Crippen LogP contribution in [0.25, 0.3) is 0 Å². The van der Waals surface area contributed by atoms with Crippen molar-refractivity contribution in [1.82, 2.24) is 4.90 Å². The van der Waals surface area contributed by atoms with Crippen LogP contribution in [0.2, 0.25) is 0 Å². The van der Waals surface area contributed by atoms with Gasteiger partial charge in [0.15, 0.2) is 0 Å². The second kappa shape index (κ2) is 5.70. The maximum absolute atomic E-state index is 13.3. The quantitative estimate of drug-likeness (QED) is 0.893. The average molecular weight is 275 g/mol. The zero-order valence-corrected chi connectivity index (χ0v) is 11.0. The van der Waals surface area contributed by atoms with E-state index in [9.17, 15) is 14.0 Å². The van der Waals surface area contributed by atoms with Crippen molar-refractivity contribution in [3.05, 3.63) is 29.8 Å². The molecule has 0 radical (unpaired) electrons. The molecule has 104 valence electrons. The Bertz CT molecular complexity index is 565. The van der Waals surface area contributed by atoms with Crippen molar-refractivity contribution in [2.75, 3.05) is 11.9 Å². The van der Waals surface area contributed by atoms with E-state index in [-0.39, 0.29) is 24.8 Å². The molecule has 5 nitrogen and oxygen atoms in total. The SMILES string of the molecule is CC(=O)Nc1ccc(C(=O)N2C[C@@H](F)C[C@H]2C#N)cc1. The van der Waals surface area contributed by atoms with Gasteiger partial charge in [0.05, 0.1) is 12.6 Å². The molecule has 1 aromatic rings. The third-order valence-corrected chi connectivity index (χ3v) is 3.11. The van der Waals surface area contributed by atoms with Gasteiger partial charge in [0, 0.05) is 24.6 Å². The lowest BCUT2D eigenvalue weighted by molar-refractivity contribution is -0.114. The fraction of sp³-hybridized carbons (Fsp3) is 0.357. The number of carbonyl (C=O) groups excluding carboxylic acids is 2. The number of nitrogens with zero attached hydrogens (tertiary/aromatic N) is 2. The van der Waals surface area contributed by atoms with Crippen LogP contribution in [0.5, 0.6) is 0 Å². The number of nitrogens with one attached hydrogen (secondary N) is 1. The molecular weight excluding hydrogens is 261 g/mol. The van der Waals surface area contributed by atoms with Gasteiger partial charge >= 0.3 is 0 Å². The molecule has 2 atom stereocenters. The molecule has 0 aliphatic carbocycles. The van der Waals surface area contributed by atoms with Crippen molar-refractivity contribution < 1.29 is 14.0 Å². The Kier molecular flexibility index (Phi) is 3.99. The molecule has 1 aliphatic rings. The van der Waals surface area contributed by atoms with Crippen molar-refractivity contribution in [1.29, 1.82) is 5.26 Å². The normalized spacial score (nSPS) is 21.4. The van der Waals surface area contributed by atoms with Crippen molar-refractivity contribution >= 4 is 17.5 Å². The van der Waals surface area contributed by atoms with Crippen LogP contribution in [-0.2, 0) is 4.79 Å². The minimum absolute atomic E-state index is 0.0511. The first-order valence-electron chi connectivity index (χ1n) is 6.23. The fourth-order valence-electron chi connectivity index (χ4n) is 2.20. The highest BCUT2D eigenvalue weighted by Crippen LogP contribution is 2.22. The van der Waals surface area contributed by atoms with Crippen LogP contribution in [0, 0.1) is 11.3 Å². The maximum Gasteiger partial charge on any atom is 0.255 e.